The van der Waals surface area contributed by atoms with Crippen LogP contribution in [0.1, 0.15) is 19.3 Å². The summed E-state index contributed by atoms with van der Waals surface area (Å²) in [5.41, 5.74) is 0.763. The monoisotopic (exact) mass is 539 g/mol. The number of amides is 1. The van der Waals surface area contributed by atoms with Gasteiger partial charge in [0, 0.05) is 37.6 Å². The Bertz CT molecular complexity index is 1260. The Morgan fingerprint density at radius 3 is 2.63 bits per heavy atom. The molecule has 1 amide bonds. The van der Waals surface area contributed by atoms with Gasteiger partial charge in [-0.3, -0.25) is 14.6 Å². The number of sulfone groups is 1. The fourth-order valence-electron chi connectivity index (χ4n) is 3.91. The quantitative estimate of drug-likeness (QED) is 0.355. The second-order valence-electron chi connectivity index (χ2n) is 8.34. The summed E-state index contributed by atoms with van der Waals surface area (Å²) >= 11 is 7.51. The molecule has 188 valence electrons. The molecule has 0 N–H and O–H groups in total. The molecule has 2 heterocycles. The van der Waals surface area contributed by atoms with Gasteiger partial charge in [0.05, 0.1) is 34.1 Å². The van der Waals surface area contributed by atoms with Crippen molar-refractivity contribution in [1.82, 2.24) is 9.88 Å². The number of benzene rings is 2. The average molecular weight is 540 g/mol. The molecule has 2 aromatic carbocycles. The van der Waals surface area contributed by atoms with Crippen LogP contribution >= 0.6 is 22.9 Å². The third kappa shape index (κ3) is 6.98. The van der Waals surface area contributed by atoms with Crippen LogP contribution in [-0.2, 0) is 19.4 Å². The Morgan fingerprint density at radius 1 is 1.14 bits per heavy atom. The summed E-state index contributed by atoms with van der Waals surface area (Å²) < 4.78 is 44.6. The van der Waals surface area contributed by atoms with Gasteiger partial charge in [-0.15, -0.1) is 0 Å². The maximum Gasteiger partial charge on any atom is 0.228 e. The van der Waals surface area contributed by atoms with E-state index >= 15 is 0 Å². The zero-order chi connectivity index (χ0) is 24.8. The molecule has 1 aliphatic heterocycles. The van der Waals surface area contributed by atoms with E-state index in [1.165, 1.54) is 23.5 Å². The van der Waals surface area contributed by atoms with E-state index in [0.29, 0.717) is 29.9 Å². The fraction of sp³-hybridized carbons (Fsp3) is 0.417. The van der Waals surface area contributed by atoms with Crippen LogP contribution in [0.4, 0.5) is 9.52 Å². The molecule has 35 heavy (non-hydrogen) atoms. The summed E-state index contributed by atoms with van der Waals surface area (Å²) in [5, 5.41) is 1.18. The normalized spacial score (nSPS) is 14.9. The topological polar surface area (TPSA) is 79.8 Å². The molecule has 3 aromatic rings. The number of anilines is 1. The molecule has 0 atom stereocenters. The van der Waals surface area contributed by atoms with Crippen molar-refractivity contribution in [2.45, 2.75) is 24.2 Å². The summed E-state index contributed by atoms with van der Waals surface area (Å²) in [6, 6.07) is 10.1. The number of aromatic nitrogens is 1. The number of hydrogen-bond donors (Lipinski definition) is 0. The minimum absolute atomic E-state index is 0.0526. The third-order valence-electron chi connectivity index (χ3n) is 5.81. The molecule has 1 aromatic heterocycles. The lowest BCUT2D eigenvalue weighted by Gasteiger charge is -2.27. The SMILES string of the molecule is O=C(CCCS(=O)(=O)c1ccc(F)cc1)N(CCCN1CCOCC1)c1nc2ccc(Cl)cc2s1. The fourth-order valence-corrected chi connectivity index (χ4v) is 6.51. The zero-order valence-corrected chi connectivity index (χ0v) is 21.5. The van der Waals surface area contributed by atoms with Crippen LogP contribution in [0.15, 0.2) is 47.4 Å². The molecule has 0 aliphatic carbocycles. The molecule has 0 radical (unpaired) electrons. The standard InChI is InChI=1S/C24H27ClFN3O4S2/c25-18-4-9-21-22(17-18)34-24(27-21)29(11-2-10-28-12-14-33-15-13-28)23(30)3-1-16-35(31,32)20-7-5-19(26)6-8-20/h4-9,17H,1-3,10-16H2. The summed E-state index contributed by atoms with van der Waals surface area (Å²) in [4.78, 5) is 21.9. The van der Waals surface area contributed by atoms with Gasteiger partial charge in [0.15, 0.2) is 15.0 Å². The average Bonchev–Trinajstić information content (AvgIpc) is 3.25. The number of ether oxygens (including phenoxy) is 1. The molecule has 7 nitrogen and oxygen atoms in total. The van der Waals surface area contributed by atoms with Crippen LogP contribution in [-0.4, -0.2) is 69.4 Å². The molecular formula is C24H27ClFN3O4S2. The van der Waals surface area contributed by atoms with E-state index in [4.69, 9.17) is 16.3 Å². The molecule has 0 unspecified atom stereocenters. The van der Waals surface area contributed by atoms with Crippen molar-refractivity contribution < 1.29 is 22.3 Å². The van der Waals surface area contributed by atoms with Gasteiger partial charge in [-0.25, -0.2) is 17.8 Å². The summed E-state index contributed by atoms with van der Waals surface area (Å²) in [5.74, 6) is -0.864. The zero-order valence-electron chi connectivity index (χ0n) is 19.2. The predicted molar refractivity (Wildman–Crippen MR) is 137 cm³/mol. The molecule has 4 rings (SSSR count). The van der Waals surface area contributed by atoms with Crippen LogP contribution < -0.4 is 4.90 Å². The highest BCUT2D eigenvalue weighted by atomic mass is 35.5. The van der Waals surface area contributed by atoms with Crippen LogP contribution in [0.2, 0.25) is 5.02 Å². The number of halogens is 2. The number of carbonyl (C=O) groups is 1. The number of hydrogen-bond acceptors (Lipinski definition) is 7. The van der Waals surface area contributed by atoms with Crippen molar-refractivity contribution in [3.63, 3.8) is 0 Å². The number of rotatable bonds is 10. The maximum absolute atomic E-state index is 13.2. The Hall–Kier alpha value is -2.11. The van der Waals surface area contributed by atoms with Crippen molar-refractivity contribution in [3.8, 4) is 0 Å². The third-order valence-corrected chi connectivity index (χ3v) is 8.90. The molecule has 0 bridgehead atoms. The van der Waals surface area contributed by atoms with Gasteiger partial charge in [-0.1, -0.05) is 22.9 Å². The molecule has 11 heteroatoms. The lowest BCUT2D eigenvalue weighted by atomic mass is 10.2. The van der Waals surface area contributed by atoms with Crippen molar-refractivity contribution in [2.24, 2.45) is 0 Å². The van der Waals surface area contributed by atoms with Gasteiger partial charge in [0.1, 0.15) is 5.82 Å². The lowest BCUT2D eigenvalue weighted by Crippen LogP contribution is -2.39. The van der Waals surface area contributed by atoms with Crippen molar-refractivity contribution >= 4 is 54.0 Å². The molecule has 1 saturated heterocycles. The minimum Gasteiger partial charge on any atom is -0.379 e. The Labute approximate surface area is 213 Å². The van der Waals surface area contributed by atoms with Gasteiger partial charge >= 0.3 is 0 Å². The predicted octanol–water partition coefficient (Wildman–Crippen LogP) is 4.40. The van der Waals surface area contributed by atoms with E-state index in [0.717, 1.165) is 48.4 Å². The first-order chi connectivity index (χ1) is 16.8. The summed E-state index contributed by atoms with van der Waals surface area (Å²) in [6.45, 7) is 4.48. The molecule has 1 aliphatic rings. The van der Waals surface area contributed by atoms with Gasteiger partial charge < -0.3 is 4.74 Å². The maximum atomic E-state index is 13.2. The number of morpholine rings is 1. The largest absolute Gasteiger partial charge is 0.379 e. The van der Waals surface area contributed by atoms with E-state index in [1.807, 2.05) is 12.1 Å². The van der Waals surface area contributed by atoms with Gasteiger partial charge in [0.25, 0.3) is 0 Å². The first kappa shape index (κ1) is 26.0. The highest BCUT2D eigenvalue weighted by molar-refractivity contribution is 7.91. The Morgan fingerprint density at radius 2 is 1.89 bits per heavy atom. The van der Waals surface area contributed by atoms with Crippen LogP contribution in [0.5, 0.6) is 0 Å². The first-order valence-electron chi connectivity index (χ1n) is 11.5. The van der Waals surface area contributed by atoms with Crippen LogP contribution in [0.25, 0.3) is 10.2 Å². The van der Waals surface area contributed by atoms with E-state index in [2.05, 4.69) is 9.88 Å². The van der Waals surface area contributed by atoms with E-state index in [-0.39, 0.29) is 29.4 Å². The summed E-state index contributed by atoms with van der Waals surface area (Å²) in [6.07, 6.45) is 0.986. The number of fused-ring (bicyclic) bond motifs is 1. The van der Waals surface area contributed by atoms with E-state index < -0.39 is 15.7 Å². The second kappa shape index (κ2) is 11.7. The van der Waals surface area contributed by atoms with Gasteiger partial charge in [0.2, 0.25) is 5.91 Å². The van der Waals surface area contributed by atoms with E-state index in [9.17, 15) is 17.6 Å². The Kier molecular flexibility index (Phi) is 8.72. The highest BCUT2D eigenvalue weighted by Crippen LogP contribution is 2.31. The number of thiazole rings is 1. The van der Waals surface area contributed by atoms with Gasteiger partial charge in [-0.2, -0.15) is 0 Å². The Balaban J connectivity index is 1.42. The van der Waals surface area contributed by atoms with Gasteiger partial charge in [-0.05, 0) is 55.3 Å². The molecule has 0 saturated carbocycles. The van der Waals surface area contributed by atoms with Crippen molar-refractivity contribution in [2.75, 3.05) is 50.0 Å². The smallest absolute Gasteiger partial charge is 0.228 e. The lowest BCUT2D eigenvalue weighted by molar-refractivity contribution is -0.118. The van der Waals surface area contributed by atoms with E-state index in [1.54, 1.807) is 11.0 Å². The number of carbonyl (C=O) groups excluding carboxylic acids is 1. The molecule has 1 fully saturated rings. The van der Waals surface area contributed by atoms with Crippen LogP contribution in [0.3, 0.4) is 0 Å². The summed E-state index contributed by atoms with van der Waals surface area (Å²) in [7, 11) is -3.60. The number of nitrogens with zero attached hydrogens (tertiary/aromatic N) is 3. The molecule has 0 spiro atoms. The highest BCUT2D eigenvalue weighted by Gasteiger charge is 2.22. The first-order valence-corrected chi connectivity index (χ1v) is 14.3. The minimum atomic E-state index is -3.60. The van der Waals surface area contributed by atoms with Crippen LogP contribution in [0, 0.1) is 5.82 Å². The van der Waals surface area contributed by atoms with Crippen molar-refractivity contribution in [1.29, 1.82) is 0 Å². The second-order valence-corrected chi connectivity index (χ2v) is 11.9. The molecular weight excluding hydrogens is 513 g/mol. The van der Waals surface area contributed by atoms with Crippen molar-refractivity contribution in [3.05, 3.63) is 53.3 Å².